The topological polar surface area (TPSA) is 119 Å². The molecule has 114 valence electrons. The van der Waals surface area contributed by atoms with Crippen LogP contribution >= 0.6 is 0 Å². The Kier molecular flexibility index (Phi) is 4.59. The monoisotopic (exact) mass is 294 g/mol. The van der Waals surface area contributed by atoms with Crippen molar-refractivity contribution in [1.82, 2.24) is 10.9 Å². The third-order valence-corrected chi connectivity index (χ3v) is 3.22. The van der Waals surface area contributed by atoms with Crippen LogP contribution in [0.4, 0.5) is 4.79 Å². The lowest BCUT2D eigenvalue weighted by Crippen LogP contribution is -2.30. The average Bonchev–Trinajstić information content (AvgIpc) is 2.82. The van der Waals surface area contributed by atoms with Crippen molar-refractivity contribution in [3.63, 3.8) is 0 Å². The number of nitrogens with zero attached hydrogens (tertiary/aromatic N) is 1. The van der Waals surface area contributed by atoms with Crippen LogP contribution in [0.5, 0.6) is 0 Å². The van der Waals surface area contributed by atoms with E-state index in [1.165, 1.54) is 0 Å². The van der Waals surface area contributed by atoms with Gasteiger partial charge in [0, 0.05) is 17.5 Å². The van der Waals surface area contributed by atoms with Crippen LogP contribution in [0.3, 0.4) is 0 Å². The van der Waals surface area contributed by atoms with Crippen LogP contribution < -0.4 is 16.7 Å². The number of nitrogen functional groups attached to an aromatic ring is 1. The molecule has 8 heteroatoms. The molecule has 0 unspecified atom stereocenters. The van der Waals surface area contributed by atoms with Crippen molar-refractivity contribution in [2.24, 2.45) is 10.9 Å². The molecule has 8 nitrogen and oxygen atoms in total. The van der Waals surface area contributed by atoms with Gasteiger partial charge in [0.1, 0.15) is 5.76 Å². The number of carbonyl (C=O) groups is 2. The molecule has 0 atom stereocenters. The van der Waals surface area contributed by atoms with Crippen molar-refractivity contribution < 1.29 is 18.7 Å². The van der Waals surface area contributed by atoms with E-state index in [4.69, 9.17) is 15.0 Å². The minimum Gasteiger partial charge on any atom is -0.455 e. The van der Waals surface area contributed by atoms with E-state index in [1.54, 1.807) is 13.8 Å². The van der Waals surface area contributed by atoms with E-state index >= 15 is 0 Å². The van der Waals surface area contributed by atoms with Crippen molar-refractivity contribution in [2.75, 3.05) is 6.61 Å². The first-order valence-electron chi connectivity index (χ1n) is 6.71. The molecule has 1 heterocycles. The lowest BCUT2D eigenvalue weighted by molar-refractivity contribution is 0.0923. The van der Waals surface area contributed by atoms with Crippen LogP contribution in [0.2, 0.25) is 0 Å². The van der Waals surface area contributed by atoms with Gasteiger partial charge in [0.05, 0.1) is 12.3 Å². The Morgan fingerprint density at radius 3 is 2.86 bits per heavy atom. The Bertz CT molecular complexity index is 591. The molecule has 0 radical (unpaired) electrons. The maximum atomic E-state index is 11.7. The summed E-state index contributed by atoms with van der Waals surface area (Å²) in [6.07, 6.45) is 1.61. The fraction of sp³-hybridized carbons (Fsp3) is 0.462. The number of ether oxygens (including phenoxy) is 1. The molecule has 0 saturated carbocycles. The van der Waals surface area contributed by atoms with Gasteiger partial charge in [0.25, 0.3) is 0 Å². The second-order valence-electron chi connectivity index (χ2n) is 4.57. The van der Waals surface area contributed by atoms with Gasteiger partial charge >= 0.3 is 12.0 Å². The van der Waals surface area contributed by atoms with Gasteiger partial charge in [-0.25, -0.2) is 16.1 Å². The molecule has 4 N–H and O–H groups in total. The molecule has 1 aromatic heterocycles. The molecule has 21 heavy (non-hydrogen) atoms. The van der Waals surface area contributed by atoms with Gasteiger partial charge in [0.15, 0.2) is 5.76 Å². The summed E-state index contributed by atoms with van der Waals surface area (Å²) in [6.45, 7) is 3.75. The van der Waals surface area contributed by atoms with Crippen molar-refractivity contribution in [1.29, 1.82) is 0 Å². The Morgan fingerprint density at radius 1 is 1.43 bits per heavy atom. The Hall–Kier alpha value is -2.35. The third-order valence-electron chi connectivity index (χ3n) is 3.22. The van der Waals surface area contributed by atoms with Crippen molar-refractivity contribution >= 4 is 17.7 Å². The molecule has 0 fully saturated rings. The molecule has 0 bridgehead atoms. The van der Waals surface area contributed by atoms with Gasteiger partial charge < -0.3 is 9.15 Å². The summed E-state index contributed by atoms with van der Waals surface area (Å²) in [5.41, 5.74) is 6.48. The van der Waals surface area contributed by atoms with Crippen molar-refractivity contribution in [3.8, 4) is 0 Å². The highest BCUT2D eigenvalue weighted by Crippen LogP contribution is 2.29. The number of rotatable bonds is 3. The fourth-order valence-electron chi connectivity index (χ4n) is 2.34. The Labute approximate surface area is 121 Å². The van der Waals surface area contributed by atoms with E-state index < -0.39 is 12.0 Å². The molecule has 1 aliphatic rings. The molecule has 0 aliphatic heterocycles. The number of hydrogen-bond donors (Lipinski definition) is 3. The summed E-state index contributed by atoms with van der Waals surface area (Å²) in [6, 6.07) is 0. The number of hydrazone groups is 1. The Balaban J connectivity index is 2.30. The summed E-state index contributed by atoms with van der Waals surface area (Å²) in [5, 5.41) is 4.07. The predicted octanol–water partition coefficient (Wildman–Crippen LogP) is 0.978. The van der Waals surface area contributed by atoms with Crippen LogP contribution in [0.15, 0.2) is 9.52 Å². The van der Waals surface area contributed by atoms with Gasteiger partial charge in [-0.3, -0.25) is 10.2 Å². The van der Waals surface area contributed by atoms with E-state index in [-0.39, 0.29) is 12.4 Å². The number of hydrazine groups is 1. The van der Waals surface area contributed by atoms with Crippen LogP contribution in [-0.2, 0) is 11.2 Å². The number of furan rings is 1. The minimum atomic E-state index is -0.613. The first kappa shape index (κ1) is 15.0. The van der Waals surface area contributed by atoms with E-state index in [2.05, 4.69) is 16.0 Å². The second-order valence-corrected chi connectivity index (χ2v) is 4.57. The first-order chi connectivity index (χ1) is 10.1. The number of aryl methyl sites for hydroxylation is 1. The molecule has 1 aliphatic carbocycles. The number of fused-ring (bicyclic) bond motifs is 1. The third kappa shape index (κ3) is 3.05. The highest BCUT2D eigenvalue weighted by molar-refractivity contribution is 6.06. The molecular weight excluding hydrogens is 276 g/mol. The lowest BCUT2D eigenvalue weighted by Gasteiger charge is -2.13. The summed E-state index contributed by atoms with van der Waals surface area (Å²) >= 11 is 0. The summed E-state index contributed by atoms with van der Waals surface area (Å²) in [5.74, 6) is 5.50. The Morgan fingerprint density at radius 2 is 2.19 bits per heavy atom. The zero-order valence-electron chi connectivity index (χ0n) is 12.0. The van der Waals surface area contributed by atoms with Crippen molar-refractivity contribution in [2.45, 2.75) is 33.1 Å². The fourth-order valence-corrected chi connectivity index (χ4v) is 2.34. The van der Waals surface area contributed by atoms with Gasteiger partial charge in [-0.1, -0.05) is 0 Å². The van der Waals surface area contributed by atoms with Crippen molar-refractivity contribution in [3.05, 3.63) is 22.6 Å². The number of amides is 2. The van der Waals surface area contributed by atoms with Gasteiger partial charge in [-0.2, -0.15) is 5.10 Å². The maximum Gasteiger partial charge on any atom is 0.427 e. The van der Waals surface area contributed by atoms with Gasteiger partial charge in [-0.05, 0) is 26.7 Å². The molecule has 1 aromatic rings. The van der Waals surface area contributed by atoms with E-state index in [1.807, 2.05) is 0 Å². The number of nitrogens with one attached hydrogen (secondary N) is 2. The van der Waals surface area contributed by atoms with Gasteiger partial charge in [0.2, 0.25) is 0 Å². The SMILES string of the molecule is CCOC(=O)N/N=C1\CCCc2oc(C(=O)NN)c(C)c21. The number of hydrogen-bond acceptors (Lipinski definition) is 6. The van der Waals surface area contributed by atoms with E-state index in [0.717, 1.165) is 12.0 Å². The van der Waals surface area contributed by atoms with Gasteiger partial charge in [-0.15, -0.1) is 0 Å². The van der Waals surface area contributed by atoms with Crippen LogP contribution in [0.1, 0.15) is 47.2 Å². The lowest BCUT2D eigenvalue weighted by atomic mass is 9.93. The molecule has 2 rings (SSSR count). The minimum absolute atomic E-state index is 0.174. The van der Waals surface area contributed by atoms with E-state index in [9.17, 15) is 9.59 Å². The molecular formula is C13H18N4O4. The summed E-state index contributed by atoms with van der Waals surface area (Å²) in [7, 11) is 0. The van der Waals surface area contributed by atoms with E-state index in [0.29, 0.717) is 29.9 Å². The number of nitrogens with two attached hydrogens (primary N) is 1. The summed E-state index contributed by atoms with van der Waals surface area (Å²) in [4.78, 5) is 22.9. The maximum absolute atomic E-state index is 11.7. The standard InChI is InChI=1S/C13H18N4O4/c1-3-20-13(19)17-16-8-5-4-6-9-10(8)7(2)11(21-9)12(18)15-14/h3-6,14H2,1-2H3,(H,15,18)(H,17,19)/b16-8+. The smallest absolute Gasteiger partial charge is 0.427 e. The normalized spacial score (nSPS) is 15.5. The highest BCUT2D eigenvalue weighted by atomic mass is 16.5. The summed E-state index contributed by atoms with van der Waals surface area (Å²) < 4.78 is 10.3. The number of carbonyl (C=O) groups excluding carboxylic acids is 2. The van der Waals surface area contributed by atoms with Crippen LogP contribution in [-0.4, -0.2) is 24.3 Å². The van der Waals surface area contributed by atoms with Crippen LogP contribution in [0, 0.1) is 6.92 Å². The quantitative estimate of drug-likeness (QED) is 0.436. The molecule has 2 amide bonds. The first-order valence-corrected chi connectivity index (χ1v) is 6.71. The molecule has 0 aromatic carbocycles. The predicted molar refractivity (Wildman–Crippen MR) is 74.7 cm³/mol. The van der Waals surface area contributed by atoms with Crippen LogP contribution in [0.25, 0.3) is 0 Å². The average molecular weight is 294 g/mol. The highest BCUT2D eigenvalue weighted by Gasteiger charge is 2.27. The second kappa shape index (κ2) is 6.40. The molecule has 0 saturated heterocycles. The largest absolute Gasteiger partial charge is 0.455 e. The molecule has 0 spiro atoms. The zero-order chi connectivity index (χ0) is 15.4. The zero-order valence-corrected chi connectivity index (χ0v) is 12.0.